The Hall–Kier alpha value is -3.39. The molecule has 2 aromatic carbocycles. The van der Waals surface area contributed by atoms with Crippen LogP contribution in [0.3, 0.4) is 0 Å². The molecule has 0 amide bonds. The van der Waals surface area contributed by atoms with Crippen molar-refractivity contribution in [2.24, 2.45) is 5.16 Å². The predicted octanol–water partition coefficient (Wildman–Crippen LogP) is 6.51. The summed E-state index contributed by atoms with van der Waals surface area (Å²) in [4.78, 5) is 4.87. The van der Waals surface area contributed by atoms with Gasteiger partial charge in [-0.15, -0.1) is 0 Å². The standard InChI is InChI=1S/C26H31NO4.C2H6/c1-6-8-15-30-24-18-20(3)26(21(4)19-24)31-17-10-9-16-29-23-13-11-22(12-14-23)25(7-2)27-28-5;1-2/h6,8,11-14,18-19H,7,15-17H2,1-5H3;1-2H3/b8-6+,27-25-;. The van der Waals surface area contributed by atoms with Crippen molar-refractivity contribution in [3.8, 4) is 29.1 Å². The molecule has 33 heavy (non-hydrogen) atoms. The van der Waals surface area contributed by atoms with Crippen LogP contribution in [-0.4, -0.2) is 32.6 Å². The van der Waals surface area contributed by atoms with E-state index in [1.54, 1.807) is 7.11 Å². The molecular weight excluding hydrogens is 414 g/mol. The van der Waals surface area contributed by atoms with Crippen LogP contribution in [0.25, 0.3) is 0 Å². The first-order chi connectivity index (χ1) is 16.1. The van der Waals surface area contributed by atoms with Gasteiger partial charge in [0.15, 0.2) is 0 Å². The van der Waals surface area contributed by atoms with Crippen molar-refractivity contribution in [2.75, 3.05) is 26.9 Å². The molecule has 5 nitrogen and oxygen atoms in total. The van der Waals surface area contributed by atoms with E-state index >= 15 is 0 Å². The van der Waals surface area contributed by atoms with Gasteiger partial charge in [0, 0.05) is 0 Å². The van der Waals surface area contributed by atoms with Gasteiger partial charge in [0.2, 0.25) is 0 Å². The third-order valence-corrected chi connectivity index (χ3v) is 4.46. The summed E-state index contributed by atoms with van der Waals surface area (Å²) >= 11 is 0. The Kier molecular flexibility index (Phi) is 13.6. The van der Waals surface area contributed by atoms with E-state index in [4.69, 9.17) is 19.0 Å². The number of ether oxygens (including phenoxy) is 3. The fourth-order valence-electron chi connectivity index (χ4n) is 2.97. The summed E-state index contributed by atoms with van der Waals surface area (Å²) in [6, 6.07) is 11.7. The second-order valence-electron chi connectivity index (χ2n) is 6.80. The summed E-state index contributed by atoms with van der Waals surface area (Å²) in [6.07, 6.45) is 4.73. The molecule has 0 saturated heterocycles. The Morgan fingerprint density at radius 1 is 0.909 bits per heavy atom. The van der Waals surface area contributed by atoms with Gasteiger partial charge in [-0.3, -0.25) is 0 Å². The van der Waals surface area contributed by atoms with E-state index in [1.807, 2.05) is 90.1 Å². The monoisotopic (exact) mass is 451 g/mol. The van der Waals surface area contributed by atoms with Crippen LogP contribution in [0.1, 0.15) is 50.8 Å². The van der Waals surface area contributed by atoms with E-state index in [9.17, 15) is 0 Å². The number of oxime groups is 1. The summed E-state index contributed by atoms with van der Waals surface area (Å²) in [5, 5.41) is 4.03. The zero-order chi connectivity index (χ0) is 24.5. The topological polar surface area (TPSA) is 49.3 Å². The van der Waals surface area contributed by atoms with Gasteiger partial charge in [0.25, 0.3) is 0 Å². The first-order valence-corrected chi connectivity index (χ1v) is 11.4. The zero-order valence-electron chi connectivity index (χ0n) is 21.0. The zero-order valence-corrected chi connectivity index (χ0v) is 21.0. The molecule has 0 aliphatic rings. The average molecular weight is 452 g/mol. The third kappa shape index (κ3) is 9.74. The van der Waals surface area contributed by atoms with Crippen molar-refractivity contribution >= 4 is 5.71 Å². The number of nitrogens with zero attached hydrogens (tertiary/aromatic N) is 1. The minimum absolute atomic E-state index is 0.297. The summed E-state index contributed by atoms with van der Waals surface area (Å²) < 4.78 is 17.2. The van der Waals surface area contributed by atoms with Crippen LogP contribution in [0.4, 0.5) is 0 Å². The second kappa shape index (κ2) is 16.3. The smallest absolute Gasteiger partial charge is 0.149 e. The fourth-order valence-corrected chi connectivity index (χ4v) is 2.97. The molecule has 2 aromatic rings. The number of allylic oxidation sites excluding steroid dienone is 1. The van der Waals surface area contributed by atoms with E-state index in [0.29, 0.717) is 19.8 Å². The highest BCUT2D eigenvalue weighted by Crippen LogP contribution is 2.28. The highest BCUT2D eigenvalue weighted by atomic mass is 16.6. The molecule has 178 valence electrons. The number of aryl methyl sites for hydroxylation is 2. The van der Waals surface area contributed by atoms with E-state index in [-0.39, 0.29) is 0 Å². The van der Waals surface area contributed by atoms with Crippen molar-refractivity contribution in [3.05, 3.63) is 65.2 Å². The Morgan fingerprint density at radius 3 is 2.06 bits per heavy atom. The van der Waals surface area contributed by atoms with Gasteiger partial charge in [0.05, 0.1) is 5.71 Å². The van der Waals surface area contributed by atoms with Crippen molar-refractivity contribution < 1.29 is 19.0 Å². The van der Waals surface area contributed by atoms with Gasteiger partial charge < -0.3 is 19.0 Å². The summed E-state index contributed by atoms with van der Waals surface area (Å²) in [5.74, 6) is 8.42. The number of hydrogen-bond acceptors (Lipinski definition) is 5. The Morgan fingerprint density at radius 2 is 1.52 bits per heavy atom. The normalized spacial score (nSPS) is 10.6. The van der Waals surface area contributed by atoms with Gasteiger partial charge in [-0.2, -0.15) is 0 Å². The van der Waals surface area contributed by atoms with E-state index in [2.05, 4.69) is 17.0 Å². The first-order valence-electron chi connectivity index (χ1n) is 11.4. The molecule has 0 bridgehead atoms. The lowest BCUT2D eigenvalue weighted by molar-refractivity contribution is 0.213. The largest absolute Gasteiger partial charge is 0.490 e. The summed E-state index contributed by atoms with van der Waals surface area (Å²) in [6.45, 7) is 13.2. The van der Waals surface area contributed by atoms with Gasteiger partial charge >= 0.3 is 0 Å². The third-order valence-electron chi connectivity index (χ3n) is 4.46. The quantitative estimate of drug-likeness (QED) is 0.179. The molecule has 0 saturated carbocycles. The maximum absolute atomic E-state index is 5.85. The maximum Gasteiger partial charge on any atom is 0.149 e. The van der Waals surface area contributed by atoms with Crippen LogP contribution in [-0.2, 0) is 4.84 Å². The van der Waals surface area contributed by atoms with Crippen LogP contribution in [0, 0.1) is 25.7 Å². The first kappa shape index (κ1) is 27.6. The van der Waals surface area contributed by atoms with E-state index in [1.165, 1.54) is 0 Å². The van der Waals surface area contributed by atoms with Crippen molar-refractivity contribution in [2.45, 2.75) is 48.0 Å². The average Bonchev–Trinajstić information content (AvgIpc) is 2.83. The Bertz CT molecular complexity index is 927. The predicted molar refractivity (Wildman–Crippen MR) is 137 cm³/mol. The molecule has 0 atom stereocenters. The number of rotatable bonds is 10. The lowest BCUT2D eigenvalue weighted by Gasteiger charge is -2.12. The lowest BCUT2D eigenvalue weighted by atomic mass is 10.1. The van der Waals surface area contributed by atoms with E-state index < -0.39 is 0 Å². The number of hydrogen-bond donors (Lipinski definition) is 0. The Labute approximate surface area is 199 Å². The highest BCUT2D eigenvalue weighted by molar-refractivity contribution is 6.00. The van der Waals surface area contributed by atoms with Gasteiger partial charge in [0.1, 0.15) is 44.2 Å². The molecule has 0 aliphatic carbocycles. The SMILES string of the molecule is C/C=C/COc1cc(C)c(OCC#CCOc2ccc(/C(CC)=N\OC)cc2)c(C)c1.CC. The van der Waals surface area contributed by atoms with Crippen LogP contribution in [0.2, 0.25) is 0 Å². The molecule has 5 heteroatoms. The maximum atomic E-state index is 5.85. The van der Waals surface area contributed by atoms with Crippen molar-refractivity contribution in [1.82, 2.24) is 0 Å². The van der Waals surface area contributed by atoms with Crippen LogP contribution >= 0.6 is 0 Å². The van der Waals surface area contributed by atoms with Gasteiger partial charge in [-0.25, -0.2) is 0 Å². The molecule has 0 unspecified atom stereocenters. The molecule has 2 rings (SSSR count). The molecule has 0 aliphatic heterocycles. The summed E-state index contributed by atoms with van der Waals surface area (Å²) in [7, 11) is 1.55. The molecule has 0 radical (unpaired) electrons. The Balaban J connectivity index is 0.00000265. The molecule has 0 heterocycles. The van der Waals surface area contributed by atoms with Crippen LogP contribution < -0.4 is 14.2 Å². The van der Waals surface area contributed by atoms with Gasteiger partial charge in [-0.05, 0) is 80.3 Å². The van der Waals surface area contributed by atoms with Crippen LogP contribution in [0.5, 0.6) is 17.2 Å². The molecule has 0 aromatic heterocycles. The number of benzene rings is 2. The second-order valence-corrected chi connectivity index (χ2v) is 6.80. The van der Waals surface area contributed by atoms with E-state index in [0.717, 1.165) is 46.1 Å². The molecule has 0 fully saturated rings. The van der Waals surface area contributed by atoms with Crippen molar-refractivity contribution in [3.63, 3.8) is 0 Å². The van der Waals surface area contributed by atoms with Crippen molar-refractivity contribution in [1.29, 1.82) is 0 Å². The highest BCUT2D eigenvalue weighted by Gasteiger charge is 2.07. The van der Waals surface area contributed by atoms with Gasteiger partial charge in [-0.1, -0.05) is 49.9 Å². The molecular formula is C28H37NO4. The lowest BCUT2D eigenvalue weighted by Crippen LogP contribution is -2.02. The minimum Gasteiger partial charge on any atom is -0.490 e. The fraction of sp³-hybridized carbons (Fsp3) is 0.393. The summed E-state index contributed by atoms with van der Waals surface area (Å²) in [5.41, 5.74) is 3.96. The molecule has 0 spiro atoms. The van der Waals surface area contributed by atoms with Crippen LogP contribution in [0.15, 0.2) is 53.7 Å². The molecule has 0 N–H and O–H groups in total. The minimum atomic E-state index is 0.297.